The summed E-state index contributed by atoms with van der Waals surface area (Å²) in [5.41, 5.74) is 2.34. The van der Waals surface area contributed by atoms with Gasteiger partial charge in [-0.15, -0.1) is 11.3 Å². The molecule has 3 aromatic rings. The van der Waals surface area contributed by atoms with Gasteiger partial charge in [0.2, 0.25) is 0 Å². The van der Waals surface area contributed by atoms with E-state index in [1.54, 1.807) is 24.6 Å². The fourth-order valence-corrected chi connectivity index (χ4v) is 3.24. The Morgan fingerprint density at radius 2 is 2.04 bits per heavy atom. The molecular weight excluding hydrogens is 306 g/mol. The minimum Gasteiger partial charge on any atom is -0.496 e. The Bertz CT molecular complexity index is 743. The van der Waals surface area contributed by atoms with Crippen LogP contribution in [-0.4, -0.2) is 23.6 Å². The number of hydrogen-bond acceptors (Lipinski definition) is 5. The summed E-state index contributed by atoms with van der Waals surface area (Å²) < 4.78 is 5.37. The van der Waals surface area contributed by atoms with Crippen molar-refractivity contribution in [2.75, 3.05) is 13.7 Å². The number of nitrogens with zero attached hydrogens (tertiary/aromatic N) is 2. The number of ether oxygens (including phenoxy) is 1. The first-order valence-electron chi connectivity index (χ1n) is 7.54. The molecule has 0 atom stereocenters. The second-order valence-electron chi connectivity index (χ2n) is 5.10. The molecule has 0 unspecified atom stereocenters. The molecule has 0 fully saturated rings. The van der Waals surface area contributed by atoms with Crippen LogP contribution in [0.15, 0.2) is 55.0 Å². The van der Waals surface area contributed by atoms with Gasteiger partial charge in [0.25, 0.3) is 0 Å². The summed E-state index contributed by atoms with van der Waals surface area (Å²) in [4.78, 5) is 9.77. The normalized spacial score (nSPS) is 10.7. The molecule has 0 radical (unpaired) electrons. The van der Waals surface area contributed by atoms with Gasteiger partial charge in [0.15, 0.2) is 0 Å². The lowest BCUT2D eigenvalue weighted by Crippen LogP contribution is -2.16. The molecule has 0 aliphatic carbocycles. The van der Waals surface area contributed by atoms with Crippen LogP contribution in [-0.2, 0) is 13.0 Å². The molecule has 2 heterocycles. The van der Waals surface area contributed by atoms with Crippen LogP contribution in [0, 0.1) is 0 Å². The van der Waals surface area contributed by atoms with Crippen molar-refractivity contribution in [1.82, 2.24) is 15.3 Å². The molecule has 5 heteroatoms. The Balaban J connectivity index is 1.51. The number of aromatic nitrogens is 2. The van der Waals surface area contributed by atoms with Crippen molar-refractivity contribution in [3.8, 4) is 16.2 Å². The molecule has 0 aliphatic heterocycles. The van der Waals surface area contributed by atoms with Crippen molar-refractivity contribution >= 4 is 11.3 Å². The van der Waals surface area contributed by atoms with E-state index in [9.17, 15) is 0 Å². The first-order chi connectivity index (χ1) is 11.4. The number of rotatable bonds is 7. The average molecular weight is 325 g/mol. The average Bonchev–Trinajstić information content (AvgIpc) is 3.09. The lowest BCUT2D eigenvalue weighted by Gasteiger charge is -2.08. The molecule has 0 bridgehead atoms. The third-order valence-corrected chi connectivity index (χ3v) is 4.59. The van der Waals surface area contributed by atoms with E-state index in [1.165, 1.54) is 5.56 Å². The first-order valence-corrected chi connectivity index (χ1v) is 8.36. The lowest BCUT2D eigenvalue weighted by atomic mass is 10.1. The molecule has 0 saturated carbocycles. The molecule has 0 amide bonds. The van der Waals surface area contributed by atoms with Gasteiger partial charge in [-0.1, -0.05) is 24.3 Å². The second kappa shape index (κ2) is 7.85. The van der Waals surface area contributed by atoms with E-state index >= 15 is 0 Å². The SMILES string of the molecule is COc1ccccc1CCNCc1ncc(-c2cccnc2)s1. The van der Waals surface area contributed by atoms with E-state index in [1.807, 2.05) is 36.7 Å². The van der Waals surface area contributed by atoms with Crippen LogP contribution in [0.1, 0.15) is 10.6 Å². The maximum absolute atomic E-state index is 5.37. The smallest absolute Gasteiger partial charge is 0.122 e. The third-order valence-electron chi connectivity index (χ3n) is 3.54. The molecule has 0 spiro atoms. The van der Waals surface area contributed by atoms with Crippen molar-refractivity contribution < 1.29 is 4.74 Å². The highest BCUT2D eigenvalue weighted by Crippen LogP contribution is 2.25. The Morgan fingerprint density at radius 3 is 2.87 bits per heavy atom. The van der Waals surface area contributed by atoms with Crippen LogP contribution in [0.25, 0.3) is 10.4 Å². The summed E-state index contributed by atoms with van der Waals surface area (Å²) >= 11 is 1.70. The van der Waals surface area contributed by atoms with Gasteiger partial charge in [-0.3, -0.25) is 4.98 Å². The van der Waals surface area contributed by atoms with Crippen LogP contribution in [0.4, 0.5) is 0 Å². The molecule has 3 rings (SSSR count). The predicted octanol–water partition coefficient (Wildman–Crippen LogP) is 3.55. The van der Waals surface area contributed by atoms with E-state index in [0.717, 1.165) is 40.7 Å². The number of methoxy groups -OCH3 is 1. The minimum atomic E-state index is 0.778. The minimum absolute atomic E-state index is 0.778. The van der Waals surface area contributed by atoms with Gasteiger partial charge in [-0.2, -0.15) is 0 Å². The lowest BCUT2D eigenvalue weighted by molar-refractivity contribution is 0.409. The largest absolute Gasteiger partial charge is 0.496 e. The Hall–Kier alpha value is -2.24. The Morgan fingerprint density at radius 1 is 1.13 bits per heavy atom. The molecular formula is C18H19N3OS. The van der Waals surface area contributed by atoms with Crippen LogP contribution >= 0.6 is 11.3 Å². The number of para-hydroxylation sites is 1. The highest BCUT2D eigenvalue weighted by molar-refractivity contribution is 7.15. The van der Waals surface area contributed by atoms with Crippen LogP contribution in [0.5, 0.6) is 5.75 Å². The summed E-state index contributed by atoms with van der Waals surface area (Å²) in [6.45, 7) is 1.67. The number of benzene rings is 1. The van der Waals surface area contributed by atoms with E-state index < -0.39 is 0 Å². The molecule has 4 nitrogen and oxygen atoms in total. The van der Waals surface area contributed by atoms with Gasteiger partial charge in [0.05, 0.1) is 12.0 Å². The van der Waals surface area contributed by atoms with Crippen LogP contribution < -0.4 is 10.1 Å². The van der Waals surface area contributed by atoms with Gasteiger partial charge in [-0.25, -0.2) is 4.98 Å². The van der Waals surface area contributed by atoms with Crippen molar-refractivity contribution in [2.24, 2.45) is 0 Å². The van der Waals surface area contributed by atoms with Crippen molar-refractivity contribution in [1.29, 1.82) is 0 Å². The number of hydrogen-bond donors (Lipinski definition) is 1. The van der Waals surface area contributed by atoms with Gasteiger partial charge in [0.1, 0.15) is 10.8 Å². The zero-order chi connectivity index (χ0) is 15.9. The summed E-state index contributed by atoms with van der Waals surface area (Å²) in [6.07, 6.45) is 6.50. The zero-order valence-corrected chi connectivity index (χ0v) is 13.8. The first kappa shape index (κ1) is 15.6. The highest BCUT2D eigenvalue weighted by Gasteiger charge is 2.05. The third kappa shape index (κ3) is 4.15. The van der Waals surface area contributed by atoms with Crippen molar-refractivity contribution in [2.45, 2.75) is 13.0 Å². The zero-order valence-electron chi connectivity index (χ0n) is 13.0. The van der Waals surface area contributed by atoms with Gasteiger partial charge < -0.3 is 10.1 Å². The Labute approximate surface area is 140 Å². The van der Waals surface area contributed by atoms with Gasteiger partial charge in [0, 0.05) is 30.7 Å². The van der Waals surface area contributed by atoms with E-state index in [4.69, 9.17) is 4.74 Å². The highest BCUT2D eigenvalue weighted by atomic mass is 32.1. The van der Waals surface area contributed by atoms with Crippen LogP contribution in [0.3, 0.4) is 0 Å². The quantitative estimate of drug-likeness (QED) is 0.675. The maximum Gasteiger partial charge on any atom is 0.122 e. The monoisotopic (exact) mass is 325 g/mol. The molecule has 23 heavy (non-hydrogen) atoms. The van der Waals surface area contributed by atoms with Crippen LogP contribution in [0.2, 0.25) is 0 Å². The van der Waals surface area contributed by atoms with Gasteiger partial charge >= 0.3 is 0 Å². The molecule has 1 aromatic carbocycles. The molecule has 0 saturated heterocycles. The summed E-state index contributed by atoms with van der Waals surface area (Å²) in [6, 6.07) is 12.1. The summed E-state index contributed by atoms with van der Waals surface area (Å²) in [5.74, 6) is 0.947. The summed E-state index contributed by atoms with van der Waals surface area (Å²) in [7, 11) is 1.71. The fraction of sp³-hybridized carbons (Fsp3) is 0.222. The number of pyridine rings is 1. The topological polar surface area (TPSA) is 47.0 Å². The standard InChI is InChI=1S/C18H19N3OS/c1-22-16-7-3-2-5-14(16)8-10-20-13-18-21-12-17(23-18)15-6-4-9-19-11-15/h2-7,9,11-12,20H,8,10,13H2,1H3. The van der Waals surface area contributed by atoms with E-state index in [-0.39, 0.29) is 0 Å². The fourth-order valence-electron chi connectivity index (χ4n) is 2.36. The molecule has 0 aliphatic rings. The maximum atomic E-state index is 5.37. The van der Waals surface area contributed by atoms with E-state index in [2.05, 4.69) is 27.4 Å². The van der Waals surface area contributed by atoms with E-state index in [0.29, 0.717) is 0 Å². The summed E-state index contributed by atoms with van der Waals surface area (Å²) in [5, 5.41) is 4.53. The molecule has 2 aromatic heterocycles. The van der Waals surface area contributed by atoms with Gasteiger partial charge in [-0.05, 0) is 30.7 Å². The molecule has 1 N–H and O–H groups in total. The Kier molecular flexibility index (Phi) is 5.34. The van der Waals surface area contributed by atoms with Crippen molar-refractivity contribution in [3.63, 3.8) is 0 Å². The predicted molar refractivity (Wildman–Crippen MR) is 93.7 cm³/mol. The van der Waals surface area contributed by atoms with Crippen molar-refractivity contribution in [3.05, 3.63) is 65.6 Å². The number of nitrogens with one attached hydrogen (secondary N) is 1. The number of thiazole rings is 1. The molecule has 118 valence electrons. The second-order valence-corrected chi connectivity index (χ2v) is 6.21.